The molecule has 0 atom stereocenters. The molecule has 1 amide bonds. The SMILES string of the molecule is Cc1c(Cl)c([N+](=O)[O-])nn1CC(=O)Nc1ncn(Cc2c(Cl)cccc2Cl)n1. The number of nitrogens with one attached hydrogen (secondary N) is 1. The van der Waals surface area contributed by atoms with Crippen molar-refractivity contribution in [1.29, 1.82) is 0 Å². The smallest absolute Gasteiger partial charge is 0.358 e. The van der Waals surface area contributed by atoms with Gasteiger partial charge in [-0.25, -0.2) is 9.67 Å². The molecule has 0 radical (unpaired) electrons. The number of benzene rings is 1. The maximum absolute atomic E-state index is 12.2. The van der Waals surface area contributed by atoms with Gasteiger partial charge in [-0.3, -0.25) is 10.1 Å². The molecule has 0 aliphatic rings. The van der Waals surface area contributed by atoms with E-state index in [4.69, 9.17) is 34.8 Å². The number of carbonyl (C=O) groups excluding carboxylic acids is 1. The van der Waals surface area contributed by atoms with Gasteiger partial charge in [0.05, 0.1) is 17.3 Å². The summed E-state index contributed by atoms with van der Waals surface area (Å²) in [6.45, 7) is 1.50. The number of amides is 1. The van der Waals surface area contributed by atoms with E-state index in [1.165, 1.54) is 17.9 Å². The molecular formula is C15H12Cl3N7O3. The number of halogens is 3. The highest BCUT2D eigenvalue weighted by Gasteiger charge is 2.25. The van der Waals surface area contributed by atoms with Crippen molar-refractivity contribution in [3.63, 3.8) is 0 Å². The molecule has 0 fully saturated rings. The van der Waals surface area contributed by atoms with E-state index in [1.54, 1.807) is 18.2 Å². The molecule has 3 rings (SSSR count). The van der Waals surface area contributed by atoms with Crippen molar-refractivity contribution < 1.29 is 9.72 Å². The van der Waals surface area contributed by atoms with Crippen molar-refractivity contribution in [1.82, 2.24) is 24.5 Å². The Morgan fingerprint density at radius 1 is 1.25 bits per heavy atom. The molecular weight excluding hydrogens is 433 g/mol. The molecule has 0 saturated heterocycles. The zero-order valence-corrected chi connectivity index (χ0v) is 16.5. The highest BCUT2D eigenvalue weighted by Crippen LogP contribution is 2.26. The summed E-state index contributed by atoms with van der Waals surface area (Å²) < 4.78 is 2.60. The number of anilines is 1. The zero-order chi connectivity index (χ0) is 20.4. The quantitative estimate of drug-likeness (QED) is 0.460. The fourth-order valence-electron chi connectivity index (χ4n) is 2.35. The number of carbonyl (C=O) groups is 1. The first kappa shape index (κ1) is 20.1. The second-order valence-electron chi connectivity index (χ2n) is 5.65. The maximum Gasteiger partial charge on any atom is 0.408 e. The Balaban J connectivity index is 1.68. The second kappa shape index (κ2) is 8.13. The third-order valence-electron chi connectivity index (χ3n) is 3.75. The lowest BCUT2D eigenvalue weighted by Gasteiger charge is -2.06. The number of nitrogens with zero attached hydrogens (tertiary/aromatic N) is 6. The van der Waals surface area contributed by atoms with Crippen LogP contribution in [0.4, 0.5) is 11.8 Å². The van der Waals surface area contributed by atoms with E-state index in [-0.39, 0.29) is 24.1 Å². The highest BCUT2D eigenvalue weighted by molar-refractivity contribution is 6.36. The Hall–Kier alpha value is -2.69. The summed E-state index contributed by atoms with van der Waals surface area (Å²) in [6, 6.07) is 5.15. The lowest BCUT2D eigenvalue weighted by molar-refractivity contribution is -0.389. The molecule has 0 aliphatic heterocycles. The van der Waals surface area contributed by atoms with Gasteiger partial charge in [-0.15, -0.1) is 5.10 Å². The molecule has 1 aromatic carbocycles. The molecule has 1 N–H and O–H groups in total. The maximum atomic E-state index is 12.2. The van der Waals surface area contributed by atoms with E-state index in [0.29, 0.717) is 21.3 Å². The third kappa shape index (κ3) is 4.24. The first-order chi connectivity index (χ1) is 13.3. The number of nitro groups is 1. The van der Waals surface area contributed by atoms with Gasteiger partial charge in [-0.05, 0) is 24.0 Å². The van der Waals surface area contributed by atoms with Crippen LogP contribution in [0.5, 0.6) is 0 Å². The van der Waals surface area contributed by atoms with E-state index in [1.807, 2.05) is 0 Å². The van der Waals surface area contributed by atoms with Crippen LogP contribution in [-0.4, -0.2) is 35.4 Å². The Morgan fingerprint density at radius 3 is 2.54 bits per heavy atom. The molecule has 10 nitrogen and oxygen atoms in total. The van der Waals surface area contributed by atoms with Crippen molar-refractivity contribution in [3.05, 3.63) is 61.0 Å². The standard InChI is InChI=1S/C15H12Cl3N7O3/c1-8-13(18)14(25(27)28)21-24(8)6-12(26)20-15-19-7-23(22-15)5-9-10(16)3-2-4-11(9)17/h2-4,7H,5-6H2,1H3,(H,20,22,26). The summed E-state index contributed by atoms with van der Waals surface area (Å²) in [4.78, 5) is 26.3. The summed E-state index contributed by atoms with van der Waals surface area (Å²) in [6.07, 6.45) is 1.41. The topological polar surface area (TPSA) is 121 Å². The van der Waals surface area contributed by atoms with E-state index in [2.05, 4.69) is 20.5 Å². The monoisotopic (exact) mass is 443 g/mol. The zero-order valence-electron chi connectivity index (χ0n) is 14.3. The predicted octanol–water partition coefficient (Wildman–Crippen LogP) is 3.34. The molecule has 0 unspecified atom stereocenters. The first-order valence-electron chi connectivity index (χ1n) is 7.75. The second-order valence-corrected chi connectivity index (χ2v) is 6.84. The Labute approximate surface area is 173 Å². The molecule has 13 heteroatoms. The normalized spacial score (nSPS) is 10.9. The van der Waals surface area contributed by atoms with Gasteiger partial charge >= 0.3 is 5.82 Å². The Kier molecular flexibility index (Phi) is 5.82. The van der Waals surface area contributed by atoms with Crippen LogP contribution in [0.1, 0.15) is 11.3 Å². The summed E-state index contributed by atoms with van der Waals surface area (Å²) in [7, 11) is 0. The summed E-state index contributed by atoms with van der Waals surface area (Å²) in [5.41, 5.74) is 0.970. The summed E-state index contributed by atoms with van der Waals surface area (Å²) in [5.74, 6) is -0.977. The van der Waals surface area contributed by atoms with Crippen LogP contribution < -0.4 is 5.32 Å². The van der Waals surface area contributed by atoms with Crippen LogP contribution in [-0.2, 0) is 17.9 Å². The van der Waals surface area contributed by atoms with Gasteiger partial charge in [-0.1, -0.05) is 40.9 Å². The lowest BCUT2D eigenvalue weighted by Crippen LogP contribution is -2.21. The molecule has 0 saturated carbocycles. The van der Waals surface area contributed by atoms with Gasteiger partial charge in [0.25, 0.3) is 5.91 Å². The fraction of sp³-hybridized carbons (Fsp3) is 0.200. The summed E-state index contributed by atoms with van der Waals surface area (Å²) >= 11 is 18.1. The van der Waals surface area contributed by atoms with Crippen LogP contribution in [0.25, 0.3) is 0 Å². The van der Waals surface area contributed by atoms with Gasteiger partial charge in [-0.2, -0.15) is 4.68 Å². The van der Waals surface area contributed by atoms with Crippen LogP contribution in [0, 0.1) is 17.0 Å². The predicted molar refractivity (Wildman–Crippen MR) is 103 cm³/mol. The van der Waals surface area contributed by atoms with Gasteiger partial charge in [0.15, 0.2) is 5.02 Å². The van der Waals surface area contributed by atoms with Crippen LogP contribution in [0.15, 0.2) is 24.5 Å². The molecule has 28 heavy (non-hydrogen) atoms. The molecule has 2 aromatic heterocycles. The van der Waals surface area contributed by atoms with Crippen LogP contribution in [0.2, 0.25) is 15.1 Å². The minimum atomic E-state index is -0.715. The van der Waals surface area contributed by atoms with Crippen LogP contribution in [0.3, 0.4) is 0 Å². The minimum Gasteiger partial charge on any atom is -0.358 e. The minimum absolute atomic E-state index is 0.0542. The van der Waals surface area contributed by atoms with Crippen molar-refractivity contribution in [2.45, 2.75) is 20.0 Å². The Morgan fingerprint density at radius 2 is 1.93 bits per heavy atom. The number of hydrogen-bond acceptors (Lipinski definition) is 6. The number of aromatic nitrogens is 5. The van der Waals surface area contributed by atoms with Gasteiger partial charge in [0.1, 0.15) is 12.9 Å². The molecule has 3 aromatic rings. The molecule has 146 valence electrons. The van der Waals surface area contributed by atoms with Gasteiger partial charge in [0.2, 0.25) is 5.95 Å². The van der Waals surface area contributed by atoms with Crippen molar-refractivity contribution in [3.8, 4) is 0 Å². The molecule has 0 spiro atoms. The molecule has 2 heterocycles. The van der Waals surface area contributed by atoms with E-state index >= 15 is 0 Å². The fourth-order valence-corrected chi connectivity index (χ4v) is 3.07. The van der Waals surface area contributed by atoms with E-state index in [0.717, 1.165) is 4.68 Å². The van der Waals surface area contributed by atoms with Gasteiger partial charge < -0.3 is 10.1 Å². The van der Waals surface area contributed by atoms with Crippen molar-refractivity contribution in [2.75, 3.05) is 5.32 Å². The van der Waals surface area contributed by atoms with Crippen molar-refractivity contribution >= 4 is 52.5 Å². The van der Waals surface area contributed by atoms with E-state index < -0.39 is 16.6 Å². The van der Waals surface area contributed by atoms with Crippen molar-refractivity contribution in [2.24, 2.45) is 0 Å². The molecule has 0 bridgehead atoms. The number of rotatable bonds is 6. The first-order valence-corrected chi connectivity index (χ1v) is 8.89. The number of hydrogen-bond donors (Lipinski definition) is 1. The highest BCUT2D eigenvalue weighted by atomic mass is 35.5. The van der Waals surface area contributed by atoms with E-state index in [9.17, 15) is 14.9 Å². The average Bonchev–Trinajstić information content (AvgIpc) is 3.17. The van der Waals surface area contributed by atoms with Gasteiger partial charge in [0, 0.05) is 15.6 Å². The largest absolute Gasteiger partial charge is 0.408 e. The third-order valence-corrected chi connectivity index (χ3v) is 4.90. The summed E-state index contributed by atoms with van der Waals surface area (Å²) in [5, 5.41) is 22.1. The lowest BCUT2D eigenvalue weighted by atomic mass is 10.2. The Bertz CT molecular complexity index is 1040. The average molecular weight is 445 g/mol. The molecule has 0 aliphatic carbocycles. The van der Waals surface area contributed by atoms with Crippen LogP contribution >= 0.6 is 34.8 Å².